The van der Waals surface area contributed by atoms with Gasteiger partial charge in [0.2, 0.25) is 0 Å². The van der Waals surface area contributed by atoms with Crippen molar-refractivity contribution in [1.82, 2.24) is 4.90 Å². The zero-order valence-corrected chi connectivity index (χ0v) is 14.7. The fourth-order valence-corrected chi connectivity index (χ4v) is 3.02. The van der Waals surface area contributed by atoms with Crippen molar-refractivity contribution in [2.24, 2.45) is 0 Å². The number of methoxy groups -OCH3 is 1. The van der Waals surface area contributed by atoms with Gasteiger partial charge in [-0.3, -0.25) is 4.90 Å². The van der Waals surface area contributed by atoms with E-state index in [1.807, 2.05) is 18.2 Å². The molecule has 2 rings (SSSR count). The highest BCUT2D eigenvalue weighted by atomic mass is 79.9. The second-order valence-corrected chi connectivity index (χ2v) is 6.59. The lowest BCUT2D eigenvalue weighted by Gasteiger charge is -2.19. The maximum atomic E-state index is 5.42. The van der Waals surface area contributed by atoms with Gasteiger partial charge in [0.25, 0.3) is 0 Å². The molecular weight excluding hydrogens is 382 g/mol. The number of halogens is 2. The van der Waals surface area contributed by atoms with Crippen molar-refractivity contribution in [2.45, 2.75) is 13.1 Å². The van der Waals surface area contributed by atoms with E-state index in [0.29, 0.717) is 0 Å². The average molecular weight is 399 g/mol. The van der Waals surface area contributed by atoms with E-state index in [0.717, 1.165) is 27.8 Å². The molecule has 0 aliphatic carbocycles. The Morgan fingerprint density at radius 1 is 1.00 bits per heavy atom. The summed E-state index contributed by atoms with van der Waals surface area (Å²) in [4.78, 5) is 2.27. The van der Waals surface area contributed by atoms with Crippen LogP contribution in [-0.4, -0.2) is 19.1 Å². The number of benzene rings is 2. The summed E-state index contributed by atoms with van der Waals surface area (Å²) in [5, 5.41) is 0. The number of ether oxygens (including phenoxy) is 1. The molecule has 2 aromatic carbocycles. The first-order chi connectivity index (χ1) is 9.58. The SMILES string of the molecule is COc1ccc(Br)cc1CN(C)Cc1cccc(Br)c1. The van der Waals surface area contributed by atoms with E-state index < -0.39 is 0 Å². The molecule has 0 amide bonds. The van der Waals surface area contributed by atoms with Gasteiger partial charge in [0.1, 0.15) is 5.75 Å². The molecule has 0 bridgehead atoms. The zero-order valence-electron chi connectivity index (χ0n) is 11.6. The molecule has 0 radical (unpaired) electrons. The van der Waals surface area contributed by atoms with Gasteiger partial charge in [-0.05, 0) is 42.9 Å². The molecule has 0 saturated heterocycles. The third-order valence-corrected chi connectivity index (χ3v) is 4.01. The second kappa shape index (κ2) is 7.25. The summed E-state index contributed by atoms with van der Waals surface area (Å²) >= 11 is 7.02. The van der Waals surface area contributed by atoms with Crippen LogP contribution in [0.3, 0.4) is 0 Å². The summed E-state index contributed by atoms with van der Waals surface area (Å²) in [5.74, 6) is 0.925. The van der Waals surface area contributed by atoms with Crippen molar-refractivity contribution in [3.8, 4) is 5.75 Å². The molecule has 0 fully saturated rings. The number of rotatable bonds is 5. The second-order valence-electron chi connectivity index (χ2n) is 4.76. The van der Waals surface area contributed by atoms with Crippen LogP contribution in [-0.2, 0) is 13.1 Å². The molecule has 0 aliphatic rings. The lowest BCUT2D eigenvalue weighted by atomic mass is 10.1. The van der Waals surface area contributed by atoms with Crippen LogP contribution < -0.4 is 4.74 Å². The molecule has 0 atom stereocenters. The number of hydrogen-bond acceptors (Lipinski definition) is 2. The topological polar surface area (TPSA) is 12.5 Å². The van der Waals surface area contributed by atoms with Gasteiger partial charge < -0.3 is 4.74 Å². The highest BCUT2D eigenvalue weighted by Gasteiger charge is 2.08. The maximum Gasteiger partial charge on any atom is 0.123 e. The molecule has 0 heterocycles. The van der Waals surface area contributed by atoms with Crippen molar-refractivity contribution in [3.05, 3.63) is 62.5 Å². The average Bonchev–Trinajstić information content (AvgIpc) is 2.38. The lowest BCUT2D eigenvalue weighted by Crippen LogP contribution is -2.17. The first-order valence-corrected chi connectivity index (χ1v) is 7.92. The van der Waals surface area contributed by atoms with Crippen molar-refractivity contribution in [3.63, 3.8) is 0 Å². The minimum Gasteiger partial charge on any atom is -0.496 e. The van der Waals surface area contributed by atoms with Crippen molar-refractivity contribution in [2.75, 3.05) is 14.2 Å². The minimum absolute atomic E-state index is 0.842. The summed E-state index contributed by atoms with van der Waals surface area (Å²) in [6.07, 6.45) is 0. The van der Waals surface area contributed by atoms with E-state index in [1.165, 1.54) is 11.1 Å². The molecule has 20 heavy (non-hydrogen) atoms. The zero-order chi connectivity index (χ0) is 14.5. The Kier molecular flexibility index (Phi) is 5.64. The molecule has 0 spiro atoms. The van der Waals surface area contributed by atoms with Crippen LogP contribution in [0.1, 0.15) is 11.1 Å². The predicted octanol–water partition coefficient (Wildman–Crippen LogP) is 4.85. The van der Waals surface area contributed by atoms with Crippen LogP contribution in [0.2, 0.25) is 0 Å². The van der Waals surface area contributed by atoms with E-state index in [4.69, 9.17) is 4.74 Å². The van der Waals surface area contributed by atoms with Gasteiger partial charge in [0.15, 0.2) is 0 Å². The fraction of sp³-hybridized carbons (Fsp3) is 0.250. The predicted molar refractivity (Wildman–Crippen MR) is 90.0 cm³/mol. The first kappa shape index (κ1) is 15.5. The molecule has 2 nitrogen and oxygen atoms in total. The number of nitrogens with zero attached hydrogens (tertiary/aromatic N) is 1. The van der Waals surface area contributed by atoms with E-state index in [2.05, 4.69) is 68.1 Å². The highest BCUT2D eigenvalue weighted by Crippen LogP contribution is 2.24. The van der Waals surface area contributed by atoms with E-state index in [9.17, 15) is 0 Å². The van der Waals surface area contributed by atoms with Gasteiger partial charge in [-0.25, -0.2) is 0 Å². The van der Waals surface area contributed by atoms with Crippen LogP contribution in [0.4, 0.5) is 0 Å². The van der Waals surface area contributed by atoms with E-state index in [1.54, 1.807) is 7.11 Å². The van der Waals surface area contributed by atoms with Crippen LogP contribution in [0.5, 0.6) is 5.75 Å². The van der Waals surface area contributed by atoms with E-state index >= 15 is 0 Å². The Bertz CT molecular complexity index is 586. The number of hydrogen-bond donors (Lipinski definition) is 0. The monoisotopic (exact) mass is 397 g/mol. The minimum atomic E-state index is 0.842. The third kappa shape index (κ3) is 4.33. The van der Waals surface area contributed by atoms with Gasteiger partial charge in [0.05, 0.1) is 7.11 Å². The molecule has 0 aromatic heterocycles. The quantitative estimate of drug-likeness (QED) is 0.713. The summed E-state index contributed by atoms with van der Waals surface area (Å²) in [6, 6.07) is 14.5. The molecule has 4 heteroatoms. The Morgan fingerprint density at radius 2 is 1.75 bits per heavy atom. The summed E-state index contributed by atoms with van der Waals surface area (Å²) in [7, 11) is 3.82. The Morgan fingerprint density at radius 3 is 2.45 bits per heavy atom. The molecule has 0 N–H and O–H groups in total. The molecular formula is C16H17Br2NO. The molecule has 0 saturated carbocycles. The van der Waals surface area contributed by atoms with Gasteiger partial charge >= 0.3 is 0 Å². The third-order valence-electron chi connectivity index (χ3n) is 3.02. The van der Waals surface area contributed by atoms with Crippen LogP contribution in [0, 0.1) is 0 Å². The van der Waals surface area contributed by atoms with Gasteiger partial charge in [-0.15, -0.1) is 0 Å². The lowest BCUT2D eigenvalue weighted by molar-refractivity contribution is 0.310. The van der Waals surface area contributed by atoms with Gasteiger partial charge in [-0.2, -0.15) is 0 Å². The summed E-state index contributed by atoms with van der Waals surface area (Å²) in [6.45, 7) is 1.74. The standard InChI is InChI=1S/C16H17Br2NO/c1-19(10-12-4-3-5-14(17)8-12)11-13-9-15(18)6-7-16(13)20-2/h3-9H,10-11H2,1-2H3. The molecule has 0 unspecified atom stereocenters. The Labute approximate surface area is 137 Å². The molecule has 0 aliphatic heterocycles. The van der Waals surface area contributed by atoms with Crippen molar-refractivity contribution < 1.29 is 4.74 Å². The largest absolute Gasteiger partial charge is 0.496 e. The highest BCUT2D eigenvalue weighted by molar-refractivity contribution is 9.10. The van der Waals surface area contributed by atoms with Crippen LogP contribution in [0.25, 0.3) is 0 Å². The van der Waals surface area contributed by atoms with E-state index in [-0.39, 0.29) is 0 Å². The Hall–Kier alpha value is -0.840. The maximum absolute atomic E-state index is 5.42. The fourth-order valence-electron chi connectivity index (χ4n) is 2.16. The van der Waals surface area contributed by atoms with Crippen LogP contribution in [0.15, 0.2) is 51.4 Å². The molecule has 2 aromatic rings. The Balaban J connectivity index is 2.08. The summed E-state index contributed by atoms with van der Waals surface area (Å²) < 4.78 is 7.60. The van der Waals surface area contributed by atoms with Crippen molar-refractivity contribution in [1.29, 1.82) is 0 Å². The first-order valence-electron chi connectivity index (χ1n) is 6.34. The summed E-state index contributed by atoms with van der Waals surface area (Å²) in [5.41, 5.74) is 2.47. The normalized spacial score (nSPS) is 10.8. The van der Waals surface area contributed by atoms with Crippen LogP contribution >= 0.6 is 31.9 Å². The van der Waals surface area contributed by atoms with Gasteiger partial charge in [-0.1, -0.05) is 44.0 Å². The van der Waals surface area contributed by atoms with Gasteiger partial charge in [0, 0.05) is 27.6 Å². The van der Waals surface area contributed by atoms with Crippen molar-refractivity contribution >= 4 is 31.9 Å². The smallest absolute Gasteiger partial charge is 0.123 e. The molecule has 106 valence electrons.